The van der Waals surface area contributed by atoms with Crippen LogP contribution in [0.1, 0.15) is 13.8 Å². The number of carbonyl (C=O) groups is 1. The molecule has 0 radical (unpaired) electrons. The van der Waals surface area contributed by atoms with Gasteiger partial charge in [-0.3, -0.25) is 0 Å². The molecule has 6 nitrogen and oxygen atoms in total. The molecule has 0 saturated heterocycles. The average molecular weight is 256 g/mol. The maximum atomic E-state index is 8.00. The van der Waals surface area contributed by atoms with E-state index < -0.39 is 5.79 Å². The van der Waals surface area contributed by atoms with Crippen molar-refractivity contribution < 1.29 is 28.5 Å². The highest BCUT2D eigenvalue weighted by molar-refractivity contribution is 5.10. The predicted octanol–water partition coefficient (Wildman–Crippen LogP) is 1.33. The maximum Gasteiger partial charge on any atom is 0.161 e. The van der Waals surface area contributed by atoms with Gasteiger partial charge in [-0.25, -0.2) is 0 Å². The van der Waals surface area contributed by atoms with E-state index in [1.54, 1.807) is 42.7 Å². The van der Waals surface area contributed by atoms with Crippen LogP contribution in [0.15, 0.2) is 0 Å². The summed E-state index contributed by atoms with van der Waals surface area (Å²) in [4.78, 5) is 8.00. The highest BCUT2D eigenvalue weighted by Gasteiger charge is 2.11. The highest BCUT2D eigenvalue weighted by Crippen LogP contribution is 2.05. The molecular weight excluding hydrogens is 228 g/mol. The second-order valence-corrected chi connectivity index (χ2v) is 2.91. The molecule has 0 rings (SSSR count). The van der Waals surface area contributed by atoms with Crippen LogP contribution in [0, 0.1) is 0 Å². The molecule has 108 valence electrons. The fourth-order valence-corrected chi connectivity index (χ4v) is 0.201. The van der Waals surface area contributed by atoms with Gasteiger partial charge in [0.15, 0.2) is 5.79 Å². The van der Waals surface area contributed by atoms with Gasteiger partial charge in [0.1, 0.15) is 13.6 Å². The smallest absolute Gasteiger partial charge is 0.161 e. The Bertz CT molecular complexity index is 100. The summed E-state index contributed by atoms with van der Waals surface area (Å²) < 4.78 is 22.9. The first-order chi connectivity index (χ1) is 7.95. The topological polar surface area (TPSA) is 63.2 Å². The third-order valence-corrected chi connectivity index (χ3v) is 1.22. The van der Waals surface area contributed by atoms with E-state index in [0.29, 0.717) is 6.79 Å². The van der Waals surface area contributed by atoms with Crippen molar-refractivity contribution in [3.05, 3.63) is 0 Å². The zero-order valence-electron chi connectivity index (χ0n) is 12.4. The Morgan fingerprint density at radius 1 is 0.824 bits per heavy atom. The molecule has 0 N–H and O–H groups in total. The van der Waals surface area contributed by atoms with Crippen LogP contribution in [-0.2, 0) is 28.5 Å². The zero-order valence-corrected chi connectivity index (χ0v) is 12.4. The molecule has 0 aromatic carbocycles. The Morgan fingerprint density at radius 2 is 1.06 bits per heavy atom. The van der Waals surface area contributed by atoms with Crippen molar-refractivity contribution in [1.82, 2.24) is 0 Å². The fourth-order valence-electron chi connectivity index (χ4n) is 0.201. The minimum absolute atomic E-state index is 0.389. The maximum absolute atomic E-state index is 8.00. The largest absolute Gasteiger partial charge is 0.388 e. The summed E-state index contributed by atoms with van der Waals surface area (Å²) in [5, 5.41) is 0. The predicted molar refractivity (Wildman–Crippen MR) is 67.0 cm³/mol. The molecule has 0 unspecified atom stereocenters. The zero-order chi connectivity index (χ0) is 14.7. The lowest BCUT2D eigenvalue weighted by Crippen LogP contribution is -2.24. The summed E-state index contributed by atoms with van der Waals surface area (Å²) >= 11 is 0. The van der Waals surface area contributed by atoms with Crippen molar-refractivity contribution in [2.24, 2.45) is 0 Å². The molecule has 0 aromatic rings. The molecule has 0 bridgehead atoms. The van der Waals surface area contributed by atoms with Crippen molar-refractivity contribution in [2.45, 2.75) is 19.6 Å². The minimum Gasteiger partial charge on any atom is -0.388 e. The summed E-state index contributed by atoms with van der Waals surface area (Å²) in [7, 11) is 9.65. The van der Waals surface area contributed by atoms with Crippen LogP contribution in [0.4, 0.5) is 0 Å². The van der Waals surface area contributed by atoms with Gasteiger partial charge in [-0.15, -0.1) is 0 Å². The number of hydrogen-bond acceptors (Lipinski definition) is 6. The lowest BCUT2D eigenvalue weighted by molar-refractivity contribution is -0.178. The lowest BCUT2D eigenvalue weighted by atomic mass is 10.4. The van der Waals surface area contributed by atoms with Gasteiger partial charge in [0.2, 0.25) is 0 Å². The molecule has 6 heteroatoms. The monoisotopic (exact) mass is 256 g/mol. The highest BCUT2D eigenvalue weighted by atomic mass is 16.7. The summed E-state index contributed by atoms with van der Waals surface area (Å²) in [6.45, 7) is 6.10. The van der Waals surface area contributed by atoms with Crippen LogP contribution in [0.2, 0.25) is 0 Å². The average Bonchev–Trinajstić information content (AvgIpc) is 2.34. The van der Waals surface area contributed by atoms with Crippen molar-refractivity contribution >= 4 is 6.79 Å². The molecule has 0 spiro atoms. The van der Waals surface area contributed by atoms with Crippen molar-refractivity contribution in [1.29, 1.82) is 0 Å². The molecular formula is C11H28O6. The first kappa shape index (κ1) is 25.3. The molecule has 0 heterocycles. The Kier molecular flexibility index (Phi) is 36.7. The Morgan fingerprint density at radius 3 is 1.06 bits per heavy atom. The summed E-state index contributed by atoms with van der Waals surface area (Å²) in [6, 6.07) is 0. The SMILES string of the molecule is C=O.COC.COC(C)(C)OC.COCOC. The second kappa shape index (κ2) is 24.6. The quantitative estimate of drug-likeness (QED) is 0.707. The molecule has 0 atom stereocenters. The standard InChI is InChI=1S/C5H12O2.C3H8O2.C2H6O.CH2O/c1-5(2,6-3)7-4;1-4-3-5-2;1-3-2;1-2/h1-4H3;3H2,1-2H3;1-2H3;1H2. The molecule has 0 aromatic heterocycles. The Hall–Kier alpha value is -0.530. The third kappa shape index (κ3) is 50.3. The molecule has 0 aliphatic heterocycles. The van der Waals surface area contributed by atoms with Crippen LogP contribution in [0.25, 0.3) is 0 Å². The van der Waals surface area contributed by atoms with Gasteiger partial charge in [-0.05, 0) is 13.8 Å². The van der Waals surface area contributed by atoms with Crippen molar-refractivity contribution in [3.63, 3.8) is 0 Å². The number of carbonyl (C=O) groups excluding carboxylic acids is 1. The van der Waals surface area contributed by atoms with E-state index >= 15 is 0 Å². The van der Waals surface area contributed by atoms with Gasteiger partial charge in [-0.1, -0.05) is 0 Å². The van der Waals surface area contributed by atoms with Gasteiger partial charge in [0.05, 0.1) is 0 Å². The fraction of sp³-hybridized carbons (Fsp3) is 0.909. The van der Waals surface area contributed by atoms with Gasteiger partial charge in [0, 0.05) is 42.7 Å². The van der Waals surface area contributed by atoms with E-state index in [1.807, 2.05) is 20.6 Å². The molecule has 17 heavy (non-hydrogen) atoms. The number of ether oxygens (including phenoxy) is 5. The summed E-state index contributed by atoms with van der Waals surface area (Å²) in [6.07, 6.45) is 0. The number of rotatable bonds is 4. The van der Waals surface area contributed by atoms with Crippen molar-refractivity contribution in [3.8, 4) is 0 Å². The van der Waals surface area contributed by atoms with Crippen LogP contribution in [0.3, 0.4) is 0 Å². The van der Waals surface area contributed by atoms with E-state index in [0.717, 1.165) is 0 Å². The summed E-state index contributed by atoms with van der Waals surface area (Å²) in [5.74, 6) is -0.417. The van der Waals surface area contributed by atoms with Crippen LogP contribution in [0.5, 0.6) is 0 Å². The Labute approximate surface area is 105 Å². The van der Waals surface area contributed by atoms with Crippen LogP contribution >= 0.6 is 0 Å². The van der Waals surface area contributed by atoms with Gasteiger partial charge in [-0.2, -0.15) is 0 Å². The normalized spacial score (nSPS) is 8.71. The number of methoxy groups -OCH3 is 5. The van der Waals surface area contributed by atoms with E-state index in [9.17, 15) is 0 Å². The minimum atomic E-state index is -0.417. The van der Waals surface area contributed by atoms with Crippen molar-refractivity contribution in [2.75, 3.05) is 49.5 Å². The first-order valence-electron chi connectivity index (χ1n) is 4.72. The lowest BCUT2D eigenvalue weighted by Gasteiger charge is -2.19. The second-order valence-electron chi connectivity index (χ2n) is 2.91. The molecule has 0 aliphatic rings. The number of hydrogen-bond donors (Lipinski definition) is 0. The van der Waals surface area contributed by atoms with E-state index in [4.69, 9.17) is 14.3 Å². The molecule has 0 amide bonds. The summed E-state index contributed by atoms with van der Waals surface area (Å²) in [5.41, 5.74) is 0. The molecule has 0 aliphatic carbocycles. The van der Waals surface area contributed by atoms with Crippen LogP contribution in [-0.4, -0.2) is 62.0 Å². The first-order valence-corrected chi connectivity index (χ1v) is 4.72. The van der Waals surface area contributed by atoms with Gasteiger partial charge in [0.25, 0.3) is 0 Å². The van der Waals surface area contributed by atoms with E-state index in [1.165, 1.54) is 0 Å². The van der Waals surface area contributed by atoms with E-state index in [-0.39, 0.29) is 0 Å². The van der Waals surface area contributed by atoms with Crippen LogP contribution < -0.4 is 0 Å². The van der Waals surface area contributed by atoms with Gasteiger partial charge >= 0.3 is 0 Å². The molecule has 0 fully saturated rings. The third-order valence-electron chi connectivity index (χ3n) is 1.22. The molecule has 0 saturated carbocycles. The van der Waals surface area contributed by atoms with Gasteiger partial charge < -0.3 is 28.5 Å². The van der Waals surface area contributed by atoms with E-state index in [2.05, 4.69) is 14.2 Å². The Balaban J connectivity index is -0.0000000743.